The Bertz CT molecular complexity index is 652. The van der Waals surface area contributed by atoms with Crippen molar-refractivity contribution < 1.29 is 9.90 Å². The van der Waals surface area contributed by atoms with Gasteiger partial charge >= 0.3 is 0 Å². The number of unbranched alkanes of at least 4 members (excludes halogenated alkanes) is 1. The number of amides is 1. The third kappa shape index (κ3) is 6.19. The highest BCUT2D eigenvalue weighted by Gasteiger charge is 2.15. The van der Waals surface area contributed by atoms with Crippen molar-refractivity contribution in [1.29, 1.82) is 0 Å². The van der Waals surface area contributed by atoms with Gasteiger partial charge in [-0.2, -0.15) is 0 Å². The third-order valence-corrected chi connectivity index (χ3v) is 4.75. The fraction of sp³-hybridized carbons (Fsp3) is 0.409. The molecule has 0 aliphatic carbocycles. The Morgan fingerprint density at radius 3 is 2.27 bits per heavy atom. The molecule has 0 fully saturated rings. The lowest BCUT2D eigenvalue weighted by Gasteiger charge is -2.21. The smallest absolute Gasteiger partial charge is 0.251 e. The van der Waals surface area contributed by atoms with Crippen LogP contribution in [-0.2, 0) is 0 Å². The molecule has 0 radical (unpaired) electrons. The fourth-order valence-electron chi connectivity index (χ4n) is 3.09. The van der Waals surface area contributed by atoms with E-state index in [1.54, 1.807) is 12.1 Å². The molecule has 26 heavy (non-hydrogen) atoms. The fourth-order valence-corrected chi connectivity index (χ4v) is 3.09. The summed E-state index contributed by atoms with van der Waals surface area (Å²) >= 11 is 0. The van der Waals surface area contributed by atoms with Crippen molar-refractivity contribution in [2.45, 2.75) is 39.2 Å². The average molecular weight is 354 g/mol. The molecule has 2 aromatic carbocycles. The maximum Gasteiger partial charge on any atom is 0.251 e. The van der Waals surface area contributed by atoms with E-state index in [1.165, 1.54) is 12.1 Å². The third-order valence-electron chi connectivity index (χ3n) is 4.75. The second-order valence-electron chi connectivity index (χ2n) is 6.51. The number of nitrogens with zero attached hydrogens (tertiary/aromatic N) is 1. The monoisotopic (exact) mass is 354 g/mol. The summed E-state index contributed by atoms with van der Waals surface area (Å²) in [5.74, 6) is 0.0557. The summed E-state index contributed by atoms with van der Waals surface area (Å²) in [6, 6.07) is 16.5. The summed E-state index contributed by atoms with van der Waals surface area (Å²) in [6.45, 7) is 7.63. The van der Waals surface area contributed by atoms with Crippen LogP contribution in [0.15, 0.2) is 54.6 Å². The molecule has 140 valence electrons. The van der Waals surface area contributed by atoms with Gasteiger partial charge in [0.2, 0.25) is 0 Å². The molecular weight excluding hydrogens is 324 g/mol. The first-order valence-electron chi connectivity index (χ1n) is 9.51. The summed E-state index contributed by atoms with van der Waals surface area (Å²) in [6.07, 6.45) is 3.10. The van der Waals surface area contributed by atoms with Gasteiger partial charge in [-0.05, 0) is 68.7 Å². The number of nitrogens with one attached hydrogen (secondary N) is 1. The zero-order valence-electron chi connectivity index (χ0n) is 15.8. The second kappa shape index (κ2) is 10.6. The van der Waals surface area contributed by atoms with Crippen LogP contribution in [0.5, 0.6) is 5.75 Å². The first-order valence-corrected chi connectivity index (χ1v) is 9.51. The Labute approximate surface area is 156 Å². The molecule has 0 aromatic heterocycles. The first-order chi connectivity index (χ1) is 12.6. The largest absolute Gasteiger partial charge is 0.508 e. The minimum Gasteiger partial charge on any atom is -0.508 e. The second-order valence-corrected chi connectivity index (χ2v) is 6.51. The van der Waals surface area contributed by atoms with Crippen LogP contribution in [0.3, 0.4) is 0 Å². The molecule has 1 amide bonds. The molecule has 1 unspecified atom stereocenters. The first kappa shape index (κ1) is 20.0. The maximum atomic E-state index is 12.6. The van der Waals surface area contributed by atoms with Gasteiger partial charge in [-0.15, -0.1) is 0 Å². The SMILES string of the molecule is CCN(CC)CCCCC(NC(=O)c1ccc(O)cc1)c1ccccc1. The summed E-state index contributed by atoms with van der Waals surface area (Å²) < 4.78 is 0. The number of hydrogen-bond acceptors (Lipinski definition) is 3. The molecular formula is C22H30N2O2. The Morgan fingerprint density at radius 2 is 1.65 bits per heavy atom. The lowest BCUT2D eigenvalue weighted by molar-refractivity contribution is 0.0934. The van der Waals surface area contributed by atoms with E-state index in [9.17, 15) is 9.90 Å². The topological polar surface area (TPSA) is 52.6 Å². The van der Waals surface area contributed by atoms with E-state index >= 15 is 0 Å². The molecule has 0 aliphatic heterocycles. The van der Waals surface area contributed by atoms with Gasteiger partial charge in [-0.25, -0.2) is 0 Å². The van der Waals surface area contributed by atoms with Crippen molar-refractivity contribution in [1.82, 2.24) is 10.2 Å². The van der Waals surface area contributed by atoms with Crippen LogP contribution in [-0.4, -0.2) is 35.5 Å². The van der Waals surface area contributed by atoms with Gasteiger partial charge in [-0.1, -0.05) is 44.2 Å². The summed E-state index contributed by atoms with van der Waals surface area (Å²) in [5.41, 5.74) is 1.69. The van der Waals surface area contributed by atoms with Gasteiger partial charge in [0.15, 0.2) is 0 Å². The van der Waals surface area contributed by atoms with Crippen molar-refractivity contribution in [2.24, 2.45) is 0 Å². The number of hydrogen-bond donors (Lipinski definition) is 2. The van der Waals surface area contributed by atoms with Gasteiger partial charge in [0.1, 0.15) is 5.75 Å². The van der Waals surface area contributed by atoms with Crippen LogP contribution >= 0.6 is 0 Å². The van der Waals surface area contributed by atoms with E-state index in [-0.39, 0.29) is 17.7 Å². The van der Waals surface area contributed by atoms with Crippen LogP contribution in [0.25, 0.3) is 0 Å². The van der Waals surface area contributed by atoms with Crippen molar-refractivity contribution >= 4 is 5.91 Å². The number of phenolic OH excluding ortho intramolecular Hbond substituents is 1. The Hall–Kier alpha value is -2.33. The molecule has 0 bridgehead atoms. The highest BCUT2D eigenvalue weighted by atomic mass is 16.3. The molecule has 2 aromatic rings. The molecule has 1 atom stereocenters. The lowest BCUT2D eigenvalue weighted by Crippen LogP contribution is -2.29. The highest BCUT2D eigenvalue weighted by Crippen LogP contribution is 2.20. The van der Waals surface area contributed by atoms with Crippen molar-refractivity contribution in [3.05, 3.63) is 65.7 Å². The maximum absolute atomic E-state index is 12.6. The highest BCUT2D eigenvalue weighted by molar-refractivity contribution is 5.94. The minimum atomic E-state index is -0.109. The van der Waals surface area contributed by atoms with E-state index in [4.69, 9.17) is 0 Å². The van der Waals surface area contributed by atoms with E-state index in [2.05, 4.69) is 36.2 Å². The normalized spacial score (nSPS) is 12.1. The van der Waals surface area contributed by atoms with Crippen LogP contribution in [0.4, 0.5) is 0 Å². The molecule has 0 saturated carbocycles. The van der Waals surface area contributed by atoms with Gasteiger partial charge in [0.05, 0.1) is 6.04 Å². The number of carbonyl (C=O) groups is 1. The van der Waals surface area contributed by atoms with Gasteiger partial charge < -0.3 is 15.3 Å². The molecule has 4 nitrogen and oxygen atoms in total. The van der Waals surface area contributed by atoms with Crippen LogP contribution in [0.1, 0.15) is 55.1 Å². The lowest BCUT2D eigenvalue weighted by atomic mass is 10.00. The summed E-state index contributed by atoms with van der Waals surface area (Å²) in [7, 11) is 0. The molecule has 0 saturated heterocycles. The number of aromatic hydroxyl groups is 1. The van der Waals surface area contributed by atoms with E-state index in [0.29, 0.717) is 5.56 Å². The quantitative estimate of drug-likeness (QED) is 0.623. The number of carbonyl (C=O) groups excluding carboxylic acids is 1. The van der Waals surface area contributed by atoms with Crippen molar-refractivity contribution in [3.8, 4) is 5.75 Å². The molecule has 2 rings (SSSR count). The Morgan fingerprint density at radius 1 is 1.00 bits per heavy atom. The number of benzene rings is 2. The van der Waals surface area contributed by atoms with Crippen molar-refractivity contribution in [2.75, 3.05) is 19.6 Å². The summed E-state index contributed by atoms with van der Waals surface area (Å²) in [5, 5.41) is 12.5. The van der Waals surface area contributed by atoms with Gasteiger partial charge in [0, 0.05) is 5.56 Å². The summed E-state index contributed by atoms with van der Waals surface area (Å²) in [4.78, 5) is 15.0. The van der Waals surface area contributed by atoms with E-state index < -0.39 is 0 Å². The zero-order valence-corrected chi connectivity index (χ0v) is 15.8. The minimum absolute atomic E-state index is 0.00536. The molecule has 0 aliphatic rings. The number of phenols is 1. The molecule has 4 heteroatoms. The van der Waals surface area contributed by atoms with Crippen LogP contribution < -0.4 is 5.32 Å². The zero-order chi connectivity index (χ0) is 18.8. The van der Waals surface area contributed by atoms with E-state index in [1.807, 2.05) is 18.2 Å². The van der Waals surface area contributed by atoms with Gasteiger partial charge in [-0.3, -0.25) is 4.79 Å². The number of rotatable bonds is 10. The Balaban J connectivity index is 1.98. The molecule has 2 N–H and O–H groups in total. The van der Waals surface area contributed by atoms with Crippen LogP contribution in [0, 0.1) is 0 Å². The standard InChI is InChI=1S/C22H30N2O2/c1-3-24(4-2)17-9-8-12-21(18-10-6-5-7-11-18)23-22(26)19-13-15-20(25)16-14-19/h5-7,10-11,13-16,21,25H,3-4,8-9,12,17H2,1-2H3,(H,23,26). The predicted molar refractivity (Wildman–Crippen MR) is 106 cm³/mol. The van der Waals surface area contributed by atoms with Crippen molar-refractivity contribution in [3.63, 3.8) is 0 Å². The molecule has 0 spiro atoms. The predicted octanol–water partition coefficient (Wildman–Crippen LogP) is 4.38. The van der Waals surface area contributed by atoms with Gasteiger partial charge in [0.25, 0.3) is 5.91 Å². The molecule has 0 heterocycles. The van der Waals surface area contributed by atoms with E-state index in [0.717, 1.165) is 44.5 Å². The average Bonchev–Trinajstić information content (AvgIpc) is 2.68. The van der Waals surface area contributed by atoms with Crippen LogP contribution in [0.2, 0.25) is 0 Å². The Kier molecular flexibility index (Phi) is 8.16.